The monoisotopic (exact) mass is 474 g/mol. The van der Waals surface area contributed by atoms with E-state index in [2.05, 4.69) is 39.6 Å². The van der Waals surface area contributed by atoms with Crippen LogP contribution in [0.5, 0.6) is 0 Å². The fourth-order valence-corrected chi connectivity index (χ4v) is 4.90. The van der Waals surface area contributed by atoms with Gasteiger partial charge in [-0.2, -0.15) is 5.10 Å². The highest BCUT2D eigenvalue weighted by atomic mass is 127. The summed E-state index contributed by atoms with van der Waals surface area (Å²) in [6.45, 7) is 8.41. The van der Waals surface area contributed by atoms with Gasteiger partial charge < -0.3 is 15.4 Å². The van der Waals surface area contributed by atoms with Crippen molar-refractivity contribution < 1.29 is 4.74 Å². The number of aromatic nitrogens is 3. The normalized spacial score (nSPS) is 32.5. The minimum Gasteiger partial charge on any atom is -0.377 e. The van der Waals surface area contributed by atoms with Crippen LogP contribution in [-0.2, 0) is 11.3 Å². The van der Waals surface area contributed by atoms with Crippen LogP contribution in [0.25, 0.3) is 0 Å². The quantitative estimate of drug-likeness (QED) is 0.391. The van der Waals surface area contributed by atoms with Gasteiger partial charge in [-0.1, -0.05) is 13.8 Å². The van der Waals surface area contributed by atoms with Crippen molar-refractivity contribution in [2.45, 2.75) is 71.2 Å². The Hall–Kier alpha value is -0.900. The highest BCUT2D eigenvalue weighted by Crippen LogP contribution is 2.51. The van der Waals surface area contributed by atoms with Gasteiger partial charge >= 0.3 is 0 Å². The van der Waals surface area contributed by atoms with Crippen LogP contribution in [0.2, 0.25) is 0 Å². The van der Waals surface area contributed by atoms with Crippen LogP contribution >= 0.6 is 24.0 Å². The lowest BCUT2D eigenvalue weighted by Gasteiger charge is -2.60. The first-order chi connectivity index (χ1) is 12.0. The Kier molecular flexibility index (Phi) is 5.81. The Balaban J connectivity index is 0.00000196. The number of rotatable bonds is 2. The first kappa shape index (κ1) is 19.9. The molecule has 3 aliphatic rings. The molecule has 2 fully saturated rings. The third-order valence-corrected chi connectivity index (χ3v) is 6.14. The van der Waals surface area contributed by atoms with E-state index in [0.717, 1.165) is 50.0 Å². The number of nitrogens with one attached hydrogen (secondary N) is 2. The second kappa shape index (κ2) is 7.61. The van der Waals surface area contributed by atoms with E-state index >= 15 is 0 Å². The van der Waals surface area contributed by atoms with Gasteiger partial charge in [-0.25, -0.2) is 9.67 Å². The zero-order chi connectivity index (χ0) is 17.6. The highest BCUT2D eigenvalue weighted by molar-refractivity contribution is 14.0. The molecule has 0 bridgehead atoms. The fourth-order valence-electron chi connectivity index (χ4n) is 4.90. The smallest absolute Gasteiger partial charge is 0.191 e. The second-order valence-corrected chi connectivity index (χ2v) is 8.19. The standard InChI is InChI=1S/C18H30N6O.HI/c1-11-20-16-13(8-5-9-24(16)23-11)21-17(19-4)22-14-12-7-6-10-25-15(12)18(14,2)3;/h12-15H,5-10H2,1-4H3,(H2,19,21,22);1H. The summed E-state index contributed by atoms with van der Waals surface area (Å²) in [5, 5.41) is 11.7. The molecule has 0 radical (unpaired) electrons. The average molecular weight is 474 g/mol. The number of halogens is 1. The minimum atomic E-state index is 0. The van der Waals surface area contributed by atoms with Crippen LogP contribution in [-0.4, -0.2) is 46.5 Å². The lowest BCUT2D eigenvalue weighted by atomic mass is 9.55. The lowest BCUT2D eigenvalue weighted by Crippen LogP contribution is -2.71. The van der Waals surface area contributed by atoms with Gasteiger partial charge in [0, 0.05) is 37.6 Å². The van der Waals surface area contributed by atoms with Gasteiger partial charge in [0.1, 0.15) is 11.6 Å². The van der Waals surface area contributed by atoms with E-state index in [0.29, 0.717) is 18.1 Å². The molecule has 0 spiro atoms. The van der Waals surface area contributed by atoms with E-state index in [-0.39, 0.29) is 35.4 Å². The molecule has 1 aromatic rings. The SMILES string of the molecule is CN=C(NC1CCCn2nc(C)nc21)NC1C2CCCOC2C1(C)C.I. The maximum atomic E-state index is 6.01. The Morgan fingerprint density at radius 1 is 1.27 bits per heavy atom. The lowest BCUT2D eigenvalue weighted by molar-refractivity contribution is -0.188. The largest absolute Gasteiger partial charge is 0.377 e. The fraction of sp³-hybridized carbons (Fsp3) is 0.833. The average Bonchev–Trinajstić information content (AvgIpc) is 2.99. The molecule has 1 aliphatic carbocycles. The van der Waals surface area contributed by atoms with Crippen molar-refractivity contribution >= 4 is 29.9 Å². The summed E-state index contributed by atoms with van der Waals surface area (Å²) in [4.78, 5) is 9.10. The number of hydrogen-bond acceptors (Lipinski definition) is 4. The van der Waals surface area contributed by atoms with Crippen LogP contribution < -0.4 is 10.6 Å². The predicted octanol–water partition coefficient (Wildman–Crippen LogP) is 2.41. The molecule has 7 nitrogen and oxygen atoms in total. The van der Waals surface area contributed by atoms with Crippen molar-refractivity contribution in [1.29, 1.82) is 0 Å². The first-order valence-electron chi connectivity index (χ1n) is 9.53. The minimum absolute atomic E-state index is 0. The van der Waals surface area contributed by atoms with Gasteiger partial charge in [0.05, 0.1) is 12.1 Å². The highest BCUT2D eigenvalue weighted by Gasteiger charge is 2.58. The van der Waals surface area contributed by atoms with Crippen molar-refractivity contribution in [2.75, 3.05) is 13.7 Å². The first-order valence-corrected chi connectivity index (χ1v) is 9.53. The molecule has 2 aliphatic heterocycles. The van der Waals surface area contributed by atoms with Crippen molar-refractivity contribution in [3.05, 3.63) is 11.6 Å². The molecule has 4 unspecified atom stereocenters. The molecule has 2 N–H and O–H groups in total. The number of nitrogens with zero attached hydrogens (tertiary/aromatic N) is 4. The molecule has 26 heavy (non-hydrogen) atoms. The Bertz CT molecular complexity index is 673. The van der Waals surface area contributed by atoms with Crippen molar-refractivity contribution in [3.8, 4) is 0 Å². The molecule has 0 aromatic carbocycles. The topological polar surface area (TPSA) is 76.4 Å². The van der Waals surface area contributed by atoms with Crippen LogP contribution in [0.4, 0.5) is 0 Å². The van der Waals surface area contributed by atoms with Crippen LogP contribution in [0.15, 0.2) is 4.99 Å². The summed E-state index contributed by atoms with van der Waals surface area (Å²) in [7, 11) is 1.84. The zero-order valence-corrected chi connectivity index (χ0v) is 18.5. The summed E-state index contributed by atoms with van der Waals surface area (Å²) in [5.41, 5.74) is 0.131. The third-order valence-electron chi connectivity index (χ3n) is 6.14. The summed E-state index contributed by atoms with van der Waals surface area (Å²) < 4.78 is 8.04. The van der Waals surface area contributed by atoms with Gasteiger partial charge in [0.15, 0.2) is 5.96 Å². The number of aryl methyl sites for hydroxylation is 2. The maximum absolute atomic E-state index is 6.01. The third kappa shape index (κ3) is 3.34. The molecule has 4 rings (SSSR count). The summed E-state index contributed by atoms with van der Waals surface area (Å²) in [6, 6.07) is 0.565. The molecule has 8 heteroatoms. The van der Waals surface area contributed by atoms with Crippen LogP contribution in [0, 0.1) is 18.3 Å². The van der Waals surface area contributed by atoms with E-state index in [1.807, 2.05) is 18.7 Å². The van der Waals surface area contributed by atoms with Crippen LogP contribution in [0.3, 0.4) is 0 Å². The molecule has 4 atom stereocenters. The van der Waals surface area contributed by atoms with Gasteiger partial charge in [0.2, 0.25) is 0 Å². The van der Waals surface area contributed by atoms with Gasteiger partial charge in [0.25, 0.3) is 0 Å². The van der Waals surface area contributed by atoms with E-state index in [1.165, 1.54) is 6.42 Å². The number of ether oxygens (including phenoxy) is 1. The Labute approximate surface area is 172 Å². The molecular weight excluding hydrogens is 443 g/mol. The molecule has 1 saturated carbocycles. The van der Waals surface area contributed by atoms with Crippen molar-refractivity contribution in [2.24, 2.45) is 16.3 Å². The van der Waals surface area contributed by atoms with E-state index in [9.17, 15) is 0 Å². The maximum Gasteiger partial charge on any atom is 0.191 e. The molecule has 1 aromatic heterocycles. The molecular formula is C18H31IN6O. The number of aliphatic imine (C=N–C) groups is 1. The number of guanidine groups is 1. The number of hydrogen-bond donors (Lipinski definition) is 2. The van der Waals surface area contributed by atoms with Gasteiger partial charge in [-0.15, -0.1) is 24.0 Å². The molecule has 146 valence electrons. The van der Waals surface area contributed by atoms with Crippen LogP contribution in [0.1, 0.15) is 57.2 Å². The summed E-state index contributed by atoms with van der Waals surface area (Å²) in [5.74, 6) is 3.31. The van der Waals surface area contributed by atoms with Gasteiger partial charge in [-0.05, 0) is 32.6 Å². The molecule has 3 heterocycles. The molecule has 0 amide bonds. The molecule has 1 saturated heterocycles. The Morgan fingerprint density at radius 2 is 2.08 bits per heavy atom. The van der Waals surface area contributed by atoms with Gasteiger partial charge in [-0.3, -0.25) is 4.99 Å². The summed E-state index contributed by atoms with van der Waals surface area (Å²) in [6.07, 6.45) is 4.93. The predicted molar refractivity (Wildman–Crippen MR) is 112 cm³/mol. The Morgan fingerprint density at radius 3 is 2.85 bits per heavy atom. The zero-order valence-electron chi connectivity index (χ0n) is 16.2. The summed E-state index contributed by atoms with van der Waals surface area (Å²) >= 11 is 0. The second-order valence-electron chi connectivity index (χ2n) is 8.19. The van der Waals surface area contributed by atoms with E-state index in [1.54, 1.807) is 0 Å². The number of fused-ring (bicyclic) bond motifs is 2. The van der Waals surface area contributed by atoms with E-state index < -0.39 is 0 Å². The van der Waals surface area contributed by atoms with E-state index in [4.69, 9.17) is 4.74 Å². The van der Waals surface area contributed by atoms with Crippen molar-refractivity contribution in [1.82, 2.24) is 25.4 Å². The van der Waals surface area contributed by atoms with Crippen molar-refractivity contribution in [3.63, 3.8) is 0 Å².